The van der Waals surface area contributed by atoms with Crippen LogP contribution in [0.3, 0.4) is 0 Å². The van der Waals surface area contributed by atoms with Gasteiger partial charge < -0.3 is 20.3 Å². The van der Waals surface area contributed by atoms with Crippen molar-refractivity contribution in [1.29, 1.82) is 0 Å². The molecule has 0 fully saturated rings. The molecule has 2 rings (SSSR count). The third-order valence-electron chi connectivity index (χ3n) is 5.73. The number of benzene rings is 2. The Labute approximate surface area is 215 Å². The first-order valence-electron chi connectivity index (χ1n) is 12.7. The van der Waals surface area contributed by atoms with Crippen LogP contribution in [0.1, 0.15) is 69.7 Å². The number of carbonyl (C=O) groups is 3. The minimum Gasteiger partial charge on any atom is -0.444 e. The van der Waals surface area contributed by atoms with E-state index in [1.807, 2.05) is 61.5 Å². The summed E-state index contributed by atoms with van der Waals surface area (Å²) in [5, 5.41) is 5.71. The maximum absolute atomic E-state index is 13.8. The minimum atomic E-state index is -0.909. The van der Waals surface area contributed by atoms with Gasteiger partial charge in [-0.2, -0.15) is 0 Å². The monoisotopic (exact) mass is 495 g/mol. The molecule has 196 valence electrons. The van der Waals surface area contributed by atoms with E-state index in [-0.39, 0.29) is 18.2 Å². The van der Waals surface area contributed by atoms with E-state index in [9.17, 15) is 14.4 Å². The summed E-state index contributed by atoms with van der Waals surface area (Å²) in [4.78, 5) is 41.1. The molecule has 2 aromatic carbocycles. The zero-order valence-corrected chi connectivity index (χ0v) is 22.5. The Balaban J connectivity index is 2.33. The zero-order chi connectivity index (χ0) is 26.7. The van der Waals surface area contributed by atoms with Crippen LogP contribution in [-0.4, -0.2) is 48.0 Å². The van der Waals surface area contributed by atoms with Crippen molar-refractivity contribution in [2.75, 3.05) is 13.6 Å². The fraction of sp³-hybridized carbons (Fsp3) is 0.483. The van der Waals surface area contributed by atoms with Gasteiger partial charge in [-0.3, -0.25) is 9.59 Å². The highest BCUT2D eigenvalue weighted by molar-refractivity contribution is 5.92. The number of likely N-dealkylation sites (N-methyl/N-ethyl adjacent to an activating group) is 1. The molecule has 0 bridgehead atoms. The number of nitrogens with zero attached hydrogens (tertiary/aromatic N) is 1. The van der Waals surface area contributed by atoms with Crippen molar-refractivity contribution in [3.63, 3.8) is 0 Å². The van der Waals surface area contributed by atoms with E-state index < -0.39 is 23.8 Å². The molecule has 7 nitrogen and oxygen atoms in total. The molecule has 3 amide bonds. The van der Waals surface area contributed by atoms with Crippen LogP contribution in [-0.2, 0) is 20.7 Å². The quantitative estimate of drug-likeness (QED) is 0.433. The Kier molecular flexibility index (Phi) is 11.0. The summed E-state index contributed by atoms with van der Waals surface area (Å²) in [5.41, 5.74) is 1.94. The maximum atomic E-state index is 13.8. The van der Waals surface area contributed by atoms with E-state index in [1.54, 1.807) is 27.8 Å². The highest BCUT2D eigenvalue weighted by atomic mass is 16.6. The summed E-state index contributed by atoms with van der Waals surface area (Å²) in [5.74, 6) is -0.625. The molecule has 36 heavy (non-hydrogen) atoms. The first kappa shape index (κ1) is 28.9. The number of unbranched alkanes of at least 4 members (excludes halogenated alkanes) is 2. The molecular weight excluding hydrogens is 454 g/mol. The molecule has 0 radical (unpaired) electrons. The Morgan fingerprint density at radius 3 is 2.19 bits per heavy atom. The van der Waals surface area contributed by atoms with Crippen LogP contribution in [0.15, 0.2) is 54.6 Å². The van der Waals surface area contributed by atoms with E-state index in [4.69, 9.17) is 4.74 Å². The van der Waals surface area contributed by atoms with Crippen molar-refractivity contribution in [3.05, 3.63) is 71.3 Å². The molecule has 0 aliphatic heterocycles. The Hall–Kier alpha value is -3.35. The van der Waals surface area contributed by atoms with Gasteiger partial charge in [0.2, 0.25) is 11.8 Å². The fourth-order valence-electron chi connectivity index (χ4n) is 3.86. The highest BCUT2D eigenvalue weighted by Gasteiger charge is 2.34. The third-order valence-corrected chi connectivity index (χ3v) is 5.73. The van der Waals surface area contributed by atoms with Crippen LogP contribution in [0.2, 0.25) is 0 Å². The van der Waals surface area contributed by atoms with Gasteiger partial charge in [-0.1, -0.05) is 79.9 Å². The lowest BCUT2D eigenvalue weighted by molar-refractivity contribution is -0.140. The third kappa shape index (κ3) is 9.36. The van der Waals surface area contributed by atoms with Crippen LogP contribution in [0, 0.1) is 6.92 Å². The second-order valence-electron chi connectivity index (χ2n) is 10.1. The number of hydrogen-bond donors (Lipinski definition) is 2. The summed E-state index contributed by atoms with van der Waals surface area (Å²) in [7, 11) is 1.60. The summed E-state index contributed by atoms with van der Waals surface area (Å²) in [6.07, 6.45) is 2.52. The molecule has 0 spiro atoms. The topological polar surface area (TPSA) is 87.7 Å². The molecule has 7 heteroatoms. The number of ether oxygens (including phenoxy) is 1. The van der Waals surface area contributed by atoms with E-state index in [0.29, 0.717) is 12.1 Å². The van der Waals surface area contributed by atoms with Gasteiger partial charge in [-0.05, 0) is 45.2 Å². The summed E-state index contributed by atoms with van der Waals surface area (Å²) in [6.45, 7) is 9.92. The van der Waals surface area contributed by atoms with Crippen molar-refractivity contribution >= 4 is 17.9 Å². The van der Waals surface area contributed by atoms with Gasteiger partial charge in [0, 0.05) is 20.0 Å². The van der Waals surface area contributed by atoms with E-state index >= 15 is 0 Å². The molecule has 0 aromatic heterocycles. The van der Waals surface area contributed by atoms with Crippen LogP contribution in [0.5, 0.6) is 0 Å². The summed E-state index contributed by atoms with van der Waals surface area (Å²) >= 11 is 0. The average molecular weight is 496 g/mol. The van der Waals surface area contributed by atoms with Gasteiger partial charge in [0.1, 0.15) is 17.7 Å². The van der Waals surface area contributed by atoms with Crippen LogP contribution >= 0.6 is 0 Å². The highest BCUT2D eigenvalue weighted by Crippen LogP contribution is 2.22. The van der Waals surface area contributed by atoms with Crippen molar-refractivity contribution in [1.82, 2.24) is 15.5 Å². The van der Waals surface area contributed by atoms with Crippen LogP contribution in [0.4, 0.5) is 4.79 Å². The number of amides is 3. The number of hydrogen-bond acceptors (Lipinski definition) is 4. The van der Waals surface area contributed by atoms with E-state index in [2.05, 4.69) is 17.6 Å². The van der Waals surface area contributed by atoms with Gasteiger partial charge in [0.15, 0.2) is 0 Å². The molecule has 2 atom stereocenters. The molecule has 0 heterocycles. The lowest BCUT2D eigenvalue weighted by atomic mass is 10.00. The lowest BCUT2D eigenvalue weighted by Gasteiger charge is -2.32. The van der Waals surface area contributed by atoms with Crippen LogP contribution < -0.4 is 10.6 Å². The fourth-order valence-corrected chi connectivity index (χ4v) is 3.86. The molecular formula is C29H41N3O4. The summed E-state index contributed by atoms with van der Waals surface area (Å²) < 4.78 is 5.42. The number of alkyl carbamates (subject to hydrolysis) is 1. The maximum Gasteiger partial charge on any atom is 0.408 e. The second-order valence-corrected chi connectivity index (χ2v) is 10.1. The Morgan fingerprint density at radius 2 is 1.61 bits per heavy atom. The standard InChI is InChI=1S/C29H41N3O4/c1-7-8-12-19-30-26(33)25(23-17-15-21(2)16-18-23)32(6)27(34)24(20-22-13-10-9-11-14-22)31-28(35)36-29(3,4)5/h9-11,13-18,24-25H,7-8,12,19-20H2,1-6H3,(H,30,33)(H,31,35). The van der Waals surface area contributed by atoms with Crippen molar-refractivity contribution < 1.29 is 19.1 Å². The molecule has 0 aliphatic carbocycles. The number of rotatable bonds is 11. The van der Waals surface area contributed by atoms with Gasteiger partial charge in [0.25, 0.3) is 0 Å². The molecule has 2 N–H and O–H groups in total. The van der Waals surface area contributed by atoms with Crippen molar-refractivity contribution in [2.24, 2.45) is 0 Å². The molecule has 0 aliphatic rings. The SMILES string of the molecule is CCCCCNC(=O)C(c1ccc(C)cc1)N(C)C(=O)C(Cc1ccccc1)NC(=O)OC(C)(C)C. The Bertz CT molecular complexity index is 984. The number of aryl methyl sites for hydroxylation is 1. The first-order valence-corrected chi connectivity index (χ1v) is 12.7. The Morgan fingerprint density at radius 1 is 0.972 bits per heavy atom. The lowest BCUT2D eigenvalue weighted by Crippen LogP contribution is -2.52. The van der Waals surface area contributed by atoms with E-state index in [1.165, 1.54) is 4.90 Å². The zero-order valence-electron chi connectivity index (χ0n) is 22.5. The van der Waals surface area contributed by atoms with Crippen molar-refractivity contribution in [3.8, 4) is 0 Å². The predicted octanol–water partition coefficient (Wildman–Crippen LogP) is 4.94. The van der Waals surface area contributed by atoms with Gasteiger partial charge in [0.05, 0.1) is 0 Å². The van der Waals surface area contributed by atoms with Gasteiger partial charge in [-0.25, -0.2) is 4.79 Å². The van der Waals surface area contributed by atoms with Gasteiger partial charge in [-0.15, -0.1) is 0 Å². The molecule has 2 unspecified atom stereocenters. The minimum absolute atomic E-state index is 0.249. The number of carbonyl (C=O) groups excluding carboxylic acids is 3. The predicted molar refractivity (Wildman–Crippen MR) is 143 cm³/mol. The molecule has 0 saturated carbocycles. The second kappa shape index (κ2) is 13.7. The number of nitrogens with one attached hydrogen (secondary N) is 2. The van der Waals surface area contributed by atoms with Gasteiger partial charge >= 0.3 is 6.09 Å². The van der Waals surface area contributed by atoms with Crippen molar-refractivity contribution in [2.45, 2.75) is 78.0 Å². The normalized spacial score (nSPS) is 12.8. The smallest absolute Gasteiger partial charge is 0.408 e. The summed E-state index contributed by atoms with van der Waals surface area (Å²) in [6, 6.07) is 15.3. The largest absolute Gasteiger partial charge is 0.444 e. The van der Waals surface area contributed by atoms with E-state index in [0.717, 1.165) is 30.4 Å². The first-order chi connectivity index (χ1) is 17.0. The average Bonchev–Trinajstić information content (AvgIpc) is 2.81. The molecule has 2 aromatic rings. The van der Waals surface area contributed by atoms with Crippen LogP contribution in [0.25, 0.3) is 0 Å². The molecule has 0 saturated heterocycles.